The highest BCUT2D eigenvalue weighted by Gasteiger charge is 2.48. The van der Waals surface area contributed by atoms with Gasteiger partial charge in [0.25, 0.3) is 0 Å². The number of sulfonamides is 1. The van der Waals surface area contributed by atoms with Gasteiger partial charge in [-0.15, -0.1) is 0 Å². The number of ether oxygens (including phenoxy) is 2. The number of methoxy groups -OCH3 is 1. The first kappa shape index (κ1) is 16.8. The summed E-state index contributed by atoms with van der Waals surface area (Å²) in [6, 6.07) is 5.17. The molecule has 0 amide bonds. The van der Waals surface area contributed by atoms with Crippen molar-refractivity contribution in [2.75, 3.05) is 33.4 Å². The van der Waals surface area contributed by atoms with E-state index in [4.69, 9.17) is 9.47 Å². The molecule has 0 radical (unpaired) electrons. The monoisotopic (exact) mass is 343 g/mol. The maximum Gasteiger partial charge on any atom is 0.243 e. The molecule has 2 fully saturated rings. The van der Waals surface area contributed by atoms with Crippen LogP contribution in [0.15, 0.2) is 29.2 Å². The summed E-state index contributed by atoms with van der Waals surface area (Å²) < 4.78 is 51.8. The van der Waals surface area contributed by atoms with Gasteiger partial charge in [-0.3, -0.25) is 0 Å². The number of halogens is 1. The molecule has 2 saturated heterocycles. The Hall–Kier alpha value is -1.02. The van der Waals surface area contributed by atoms with E-state index in [-0.39, 0.29) is 16.4 Å². The van der Waals surface area contributed by atoms with Crippen molar-refractivity contribution in [2.24, 2.45) is 5.41 Å². The van der Waals surface area contributed by atoms with Gasteiger partial charge in [0.2, 0.25) is 10.0 Å². The first-order valence-electron chi connectivity index (χ1n) is 7.84. The molecule has 0 N–H and O–H groups in total. The third-order valence-electron chi connectivity index (χ3n) is 4.82. The molecular weight excluding hydrogens is 321 g/mol. The van der Waals surface area contributed by atoms with Gasteiger partial charge in [-0.1, -0.05) is 6.07 Å². The third kappa shape index (κ3) is 3.15. The Balaban J connectivity index is 1.89. The normalized spacial score (nSPS) is 29.2. The van der Waals surface area contributed by atoms with Crippen molar-refractivity contribution in [3.05, 3.63) is 30.1 Å². The summed E-state index contributed by atoms with van der Waals surface area (Å²) in [6.45, 7) is 1.92. The van der Waals surface area contributed by atoms with E-state index in [9.17, 15) is 12.8 Å². The molecule has 0 bridgehead atoms. The van der Waals surface area contributed by atoms with E-state index >= 15 is 0 Å². The summed E-state index contributed by atoms with van der Waals surface area (Å²) in [4.78, 5) is 0.000227. The molecule has 2 atom stereocenters. The summed E-state index contributed by atoms with van der Waals surface area (Å²) >= 11 is 0. The molecule has 0 saturated carbocycles. The quantitative estimate of drug-likeness (QED) is 0.839. The number of nitrogens with zero attached hydrogens (tertiary/aromatic N) is 1. The van der Waals surface area contributed by atoms with Crippen LogP contribution >= 0.6 is 0 Å². The standard InChI is InChI=1S/C16H22FNO4S/c1-21-12-16-7-3-9-22-15(16)6-8-18(11-16)23(19,20)14-5-2-4-13(17)10-14/h2,4-5,10,15H,3,6-9,11-12H2,1H3. The lowest BCUT2D eigenvalue weighted by Crippen LogP contribution is -2.57. The highest BCUT2D eigenvalue weighted by Crippen LogP contribution is 2.41. The fourth-order valence-corrected chi connectivity index (χ4v) is 5.31. The van der Waals surface area contributed by atoms with Gasteiger partial charge in [0.05, 0.1) is 17.6 Å². The minimum Gasteiger partial charge on any atom is -0.384 e. The fraction of sp³-hybridized carbons (Fsp3) is 0.625. The fourth-order valence-electron chi connectivity index (χ4n) is 3.73. The molecule has 0 aromatic heterocycles. The van der Waals surface area contributed by atoms with Crippen molar-refractivity contribution in [1.82, 2.24) is 4.31 Å². The van der Waals surface area contributed by atoms with Gasteiger partial charge in [0.15, 0.2) is 0 Å². The predicted octanol–water partition coefficient (Wildman–Crippen LogP) is 2.03. The van der Waals surface area contributed by atoms with Gasteiger partial charge in [0.1, 0.15) is 5.82 Å². The molecule has 2 heterocycles. The first-order valence-corrected chi connectivity index (χ1v) is 9.28. The number of rotatable bonds is 4. The molecule has 7 heteroatoms. The number of hydrogen-bond donors (Lipinski definition) is 0. The Kier molecular flexibility index (Phi) is 4.73. The van der Waals surface area contributed by atoms with E-state index in [1.54, 1.807) is 7.11 Å². The number of piperidine rings is 1. The summed E-state index contributed by atoms with van der Waals surface area (Å²) in [5.41, 5.74) is -0.314. The van der Waals surface area contributed by atoms with E-state index in [0.717, 1.165) is 18.9 Å². The third-order valence-corrected chi connectivity index (χ3v) is 6.66. The second kappa shape index (κ2) is 6.47. The van der Waals surface area contributed by atoms with Gasteiger partial charge in [-0.2, -0.15) is 4.31 Å². The number of fused-ring (bicyclic) bond motifs is 1. The summed E-state index contributed by atoms with van der Waals surface area (Å²) in [6.07, 6.45) is 2.43. The van der Waals surface area contributed by atoms with Crippen molar-refractivity contribution in [2.45, 2.75) is 30.3 Å². The molecule has 1 aromatic carbocycles. The Morgan fingerprint density at radius 2 is 2.30 bits per heavy atom. The molecule has 5 nitrogen and oxygen atoms in total. The van der Waals surface area contributed by atoms with Crippen LogP contribution in [-0.2, 0) is 19.5 Å². The van der Waals surface area contributed by atoms with E-state index in [0.29, 0.717) is 32.7 Å². The Labute approximate surface area is 136 Å². The maximum absolute atomic E-state index is 13.4. The van der Waals surface area contributed by atoms with Crippen LogP contribution in [0.1, 0.15) is 19.3 Å². The van der Waals surface area contributed by atoms with E-state index in [1.807, 2.05) is 0 Å². The lowest BCUT2D eigenvalue weighted by atomic mass is 9.73. The van der Waals surface area contributed by atoms with Crippen LogP contribution in [0.4, 0.5) is 4.39 Å². The van der Waals surface area contributed by atoms with Crippen LogP contribution in [0.3, 0.4) is 0 Å². The minimum atomic E-state index is -3.71. The van der Waals surface area contributed by atoms with Crippen molar-refractivity contribution < 1.29 is 22.3 Å². The van der Waals surface area contributed by atoms with Crippen LogP contribution in [0.5, 0.6) is 0 Å². The van der Waals surface area contributed by atoms with Crippen LogP contribution in [0, 0.1) is 11.2 Å². The molecule has 2 aliphatic heterocycles. The van der Waals surface area contributed by atoms with Crippen molar-refractivity contribution in [3.8, 4) is 0 Å². The first-order chi connectivity index (χ1) is 11.0. The zero-order valence-electron chi connectivity index (χ0n) is 13.2. The molecule has 2 unspecified atom stereocenters. The second-order valence-corrected chi connectivity index (χ2v) is 8.28. The Morgan fingerprint density at radius 3 is 3.04 bits per heavy atom. The molecule has 0 aliphatic carbocycles. The second-order valence-electron chi connectivity index (χ2n) is 6.34. The minimum absolute atomic E-state index is 0.000227. The Morgan fingerprint density at radius 1 is 1.48 bits per heavy atom. The van der Waals surface area contributed by atoms with Crippen LogP contribution < -0.4 is 0 Å². The van der Waals surface area contributed by atoms with Gasteiger partial charge < -0.3 is 9.47 Å². The largest absolute Gasteiger partial charge is 0.384 e. The average Bonchev–Trinajstić information content (AvgIpc) is 2.54. The van der Waals surface area contributed by atoms with E-state index < -0.39 is 15.8 Å². The molecular formula is C16H22FNO4S. The molecule has 1 aromatic rings. The molecule has 2 aliphatic rings. The number of benzene rings is 1. The predicted molar refractivity (Wildman–Crippen MR) is 83.1 cm³/mol. The summed E-state index contributed by atoms with van der Waals surface area (Å²) in [7, 11) is -2.08. The summed E-state index contributed by atoms with van der Waals surface area (Å²) in [5, 5.41) is 0. The van der Waals surface area contributed by atoms with Crippen LogP contribution in [0.25, 0.3) is 0 Å². The van der Waals surface area contributed by atoms with Gasteiger partial charge in [0, 0.05) is 32.2 Å². The lowest BCUT2D eigenvalue weighted by molar-refractivity contribution is -0.137. The number of hydrogen-bond acceptors (Lipinski definition) is 4. The van der Waals surface area contributed by atoms with E-state index in [2.05, 4.69) is 0 Å². The maximum atomic E-state index is 13.4. The topological polar surface area (TPSA) is 55.8 Å². The smallest absolute Gasteiger partial charge is 0.243 e. The van der Waals surface area contributed by atoms with Gasteiger partial charge in [-0.05, 0) is 37.5 Å². The zero-order chi connectivity index (χ0) is 16.5. The SMILES string of the molecule is COCC12CCCOC1CCN(S(=O)(=O)c1cccc(F)c1)C2. The Bertz CT molecular complexity index is 662. The highest BCUT2D eigenvalue weighted by atomic mass is 32.2. The van der Waals surface area contributed by atoms with Gasteiger partial charge in [-0.25, -0.2) is 12.8 Å². The summed E-state index contributed by atoms with van der Waals surface area (Å²) in [5.74, 6) is -0.548. The van der Waals surface area contributed by atoms with Gasteiger partial charge >= 0.3 is 0 Å². The molecule has 128 valence electrons. The van der Waals surface area contributed by atoms with Crippen molar-refractivity contribution in [3.63, 3.8) is 0 Å². The highest BCUT2D eigenvalue weighted by molar-refractivity contribution is 7.89. The molecule has 23 heavy (non-hydrogen) atoms. The van der Waals surface area contributed by atoms with E-state index in [1.165, 1.54) is 22.5 Å². The lowest BCUT2D eigenvalue weighted by Gasteiger charge is -2.49. The zero-order valence-corrected chi connectivity index (χ0v) is 14.0. The molecule has 3 rings (SSSR count). The average molecular weight is 343 g/mol. The molecule has 0 spiro atoms. The van der Waals surface area contributed by atoms with Crippen molar-refractivity contribution >= 4 is 10.0 Å². The van der Waals surface area contributed by atoms with Crippen LogP contribution in [0.2, 0.25) is 0 Å². The van der Waals surface area contributed by atoms with Crippen LogP contribution in [-0.4, -0.2) is 52.2 Å². The van der Waals surface area contributed by atoms with Crippen molar-refractivity contribution in [1.29, 1.82) is 0 Å².